The lowest BCUT2D eigenvalue weighted by molar-refractivity contribution is -0.298. The monoisotopic (exact) mass is 698 g/mol. The van der Waals surface area contributed by atoms with Crippen LogP contribution in [-0.2, 0) is 37.5 Å². The molecule has 22 heteroatoms. The van der Waals surface area contributed by atoms with Gasteiger partial charge in [-0.05, 0) is 12.5 Å². The number of hydrogen-bond donors (Lipinski definition) is 10. The molecule has 266 valence electrons. The lowest BCUT2D eigenvalue weighted by Gasteiger charge is -2.46. The molecule has 2 fully saturated rings. The summed E-state index contributed by atoms with van der Waals surface area (Å²) in [5, 5.41) is 74.1. The molecule has 0 saturated carbocycles. The fourth-order valence-corrected chi connectivity index (χ4v) is 6.04. The van der Waals surface area contributed by atoms with E-state index in [1.165, 1.54) is 6.07 Å². The van der Waals surface area contributed by atoms with E-state index in [1.807, 2.05) is 0 Å². The van der Waals surface area contributed by atoms with Crippen molar-refractivity contribution < 1.29 is 78.1 Å². The fraction of sp³-hybridized carbons (Fsp3) is 0.720. The van der Waals surface area contributed by atoms with Gasteiger partial charge in [0.15, 0.2) is 12.0 Å². The van der Waals surface area contributed by atoms with E-state index in [9.17, 15) is 64.4 Å². The van der Waals surface area contributed by atoms with Gasteiger partial charge in [0.2, 0.25) is 5.91 Å². The third kappa shape index (κ3) is 9.37. The maximum absolute atomic E-state index is 13.0. The number of carboxylic acids is 1. The van der Waals surface area contributed by atoms with Gasteiger partial charge < -0.3 is 61.2 Å². The number of anilines is 1. The van der Waals surface area contributed by atoms with Gasteiger partial charge in [-0.15, -0.1) is 0 Å². The Bertz CT molecular complexity index is 1380. The minimum Gasteiger partial charge on any atom is -0.477 e. The maximum Gasteiger partial charge on any atom is 0.475 e. The number of amides is 1. The molecule has 47 heavy (non-hydrogen) atoms. The number of aliphatic hydroxyl groups excluding tert-OH is 6. The van der Waals surface area contributed by atoms with Crippen molar-refractivity contribution in [1.29, 1.82) is 0 Å². The molecule has 3 rings (SSSR count). The van der Waals surface area contributed by atoms with Crippen LogP contribution in [0.25, 0.3) is 0 Å². The zero-order valence-electron chi connectivity index (χ0n) is 25.0. The van der Waals surface area contributed by atoms with Gasteiger partial charge in [-0.1, -0.05) is 6.92 Å². The standard InChI is InChI=1S/C25H39N4O17P/c1-2-3-17(34)27-8-11(31)6-12-13(32)7-25(23(38)39,45-21(12)18(35)14(33)9-30)46-47(41,42)43-10-15-19(36)20(37)22(44-15)29-5-4-16(26)28-24(29)40/h4-5,12-15,18-22,30,32-33,35-37H,2-3,6-10H2,1H3,(H,27,34)(H,38,39)(H,41,42)(H2,26,28,40)/t12-,13-,14-,15-,18-,19+,20?,21?,22-,25-/m1/s1. The van der Waals surface area contributed by atoms with Crippen LogP contribution in [-0.4, -0.2) is 136 Å². The number of carbonyl (C=O) groups excluding carboxylic acids is 2. The Morgan fingerprint density at radius 1 is 1.26 bits per heavy atom. The van der Waals surface area contributed by atoms with Crippen LogP contribution in [0.3, 0.4) is 0 Å². The molecule has 0 radical (unpaired) electrons. The summed E-state index contributed by atoms with van der Waals surface area (Å²) in [7, 11) is -5.57. The largest absolute Gasteiger partial charge is 0.477 e. The summed E-state index contributed by atoms with van der Waals surface area (Å²) in [5.74, 6) is -8.10. The van der Waals surface area contributed by atoms with Crippen molar-refractivity contribution in [2.24, 2.45) is 5.92 Å². The first-order chi connectivity index (χ1) is 21.9. The maximum atomic E-state index is 13.0. The smallest absolute Gasteiger partial charge is 0.475 e. The number of carboxylic acid groups (broad SMARTS) is 1. The summed E-state index contributed by atoms with van der Waals surface area (Å²) in [6.07, 6.45) is -14.8. The van der Waals surface area contributed by atoms with E-state index in [0.29, 0.717) is 6.42 Å². The zero-order valence-corrected chi connectivity index (χ0v) is 25.9. The van der Waals surface area contributed by atoms with Gasteiger partial charge in [0.05, 0.1) is 32.0 Å². The number of aliphatic carboxylic acids is 1. The van der Waals surface area contributed by atoms with Crippen molar-refractivity contribution in [2.75, 3.05) is 25.5 Å². The Morgan fingerprint density at radius 3 is 2.53 bits per heavy atom. The number of phosphoric ester groups is 1. The van der Waals surface area contributed by atoms with Crippen LogP contribution in [0, 0.1) is 5.92 Å². The van der Waals surface area contributed by atoms with E-state index in [4.69, 9.17) is 24.3 Å². The van der Waals surface area contributed by atoms with Gasteiger partial charge in [-0.3, -0.25) is 18.7 Å². The number of ether oxygens (including phenoxy) is 2. The molecule has 11 atom stereocenters. The molecular weight excluding hydrogens is 659 g/mol. The van der Waals surface area contributed by atoms with Crippen LogP contribution < -0.4 is 16.7 Å². The van der Waals surface area contributed by atoms with E-state index in [1.54, 1.807) is 6.92 Å². The van der Waals surface area contributed by atoms with Crippen molar-refractivity contribution in [1.82, 2.24) is 14.9 Å². The number of nitrogens with two attached hydrogens (primary N) is 1. The number of ketones is 1. The first-order valence-corrected chi connectivity index (χ1v) is 15.8. The predicted molar refractivity (Wildman–Crippen MR) is 152 cm³/mol. The molecule has 11 N–H and O–H groups in total. The van der Waals surface area contributed by atoms with Crippen molar-refractivity contribution in [3.05, 3.63) is 22.7 Å². The number of nitrogens with one attached hydrogen (secondary N) is 1. The normalized spacial score (nSPS) is 31.9. The molecule has 2 aliphatic rings. The average Bonchev–Trinajstić information content (AvgIpc) is 3.28. The molecule has 0 bridgehead atoms. The molecule has 1 aromatic heterocycles. The molecule has 2 aliphatic heterocycles. The highest BCUT2D eigenvalue weighted by atomic mass is 31.2. The zero-order chi connectivity index (χ0) is 35.3. The average molecular weight is 699 g/mol. The molecule has 2 saturated heterocycles. The molecule has 21 nitrogen and oxygen atoms in total. The second-order valence-corrected chi connectivity index (χ2v) is 12.4. The summed E-state index contributed by atoms with van der Waals surface area (Å²) in [6.45, 7) is -0.878. The highest BCUT2D eigenvalue weighted by Crippen LogP contribution is 2.52. The van der Waals surface area contributed by atoms with Gasteiger partial charge in [-0.25, -0.2) is 18.7 Å². The van der Waals surface area contributed by atoms with Gasteiger partial charge >= 0.3 is 19.5 Å². The Kier molecular flexibility index (Phi) is 13.1. The molecule has 1 amide bonds. The number of hydrogen-bond acceptors (Lipinski definition) is 17. The Hall–Kier alpha value is -2.92. The number of aliphatic hydroxyl groups is 6. The second-order valence-electron chi connectivity index (χ2n) is 11.0. The Labute approximate surface area is 266 Å². The Morgan fingerprint density at radius 2 is 1.94 bits per heavy atom. The highest BCUT2D eigenvalue weighted by Gasteiger charge is 2.58. The number of rotatable bonds is 16. The van der Waals surface area contributed by atoms with Crippen LogP contribution in [0.4, 0.5) is 5.82 Å². The number of carbonyl (C=O) groups is 3. The minimum atomic E-state index is -5.57. The SMILES string of the molecule is CCCC(=O)NCC(=O)C[C@H]1C([C@H](O)[C@H](O)CO)O[C@](OP(=O)(O)OC[C@H]2O[C@@H](n3ccc(N)nc3=O)C(O)[C@H]2O)(C(=O)O)C[C@H]1O. The fourth-order valence-electron chi connectivity index (χ4n) is 5.08. The van der Waals surface area contributed by atoms with E-state index >= 15 is 0 Å². The van der Waals surface area contributed by atoms with E-state index < -0.39 is 124 Å². The van der Waals surface area contributed by atoms with Crippen LogP contribution in [0.2, 0.25) is 0 Å². The van der Waals surface area contributed by atoms with Crippen LogP contribution >= 0.6 is 7.82 Å². The molecular formula is C25H39N4O17P. The summed E-state index contributed by atoms with van der Waals surface area (Å²) >= 11 is 0. The molecule has 0 aliphatic carbocycles. The first kappa shape index (κ1) is 38.5. The summed E-state index contributed by atoms with van der Waals surface area (Å²) in [6, 6.07) is 1.20. The van der Waals surface area contributed by atoms with Gasteiger partial charge in [0.1, 0.15) is 36.3 Å². The predicted octanol–water partition coefficient (Wildman–Crippen LogP) is -4.29. The van der Waals surface area contributed by atoms with Crippen LogP contribution in [0.1, 0.15) is 38.8 Å². The minimum absolute atomic E-state index is 0.126. The van der Waals surface area contributed by atoms with Gasteiger partial charge in [0.25, 0.3) is 5.79 Å². The second kappa shape index (κ2) is 16.0. The van der Waals surface area contributed by atoms with Crippen molar-refractivity contribution in [3.63, 3.8) is 0 Å². The van der Waals surface area contributed by atoms with E-state index in [-0.39, 0.29) is 12.2 Å². The number of phosphoric acid groups is 1. The third-order valence-corrected chi connectivity index (χ3v) is 8.52. The number of aromatic nitrogens is 2. The summed E-state index contributed by atoms with van der Waals surface area (Å²) < 4.78 is 34.2. The topological polar surface area (TPSA) is 340 Å². The molecule has 0 spiro atoms. The highest BCUT2D eigenvalue weighted by molar-refractivity contribution is 7.47. The van der Waals surface area contributed by atoms with Gasteiger partial charge in [-0.2, -0.15) is 4.98 Å². The quantitative estimate of drug-likeness (QED) is 0.0730. The van der Waals surface area contributed by atoms with E-state index in [0.717, 1.165) is 10.8 Å². The van der Waals surface area contributed by atoms with Crippen molar-refractivity contribution >= 4 is 31.3 Å². The van der Waals surface area contributed by atoms with Crippen LogP contribution in [0.5, 0.6) is 0 Å². The van der Waals surface area contributed by atoms with E-state index in [2.05, 4.69) is 10.3 Å². The number of nitrogen functional groups attached to an aromatic ring is 1. The van der Waals surface area contributed by atoms with Gasteiger partial charge in [0, 0.05) is 31.4 Å². The van der Waals surface area contributed by atoms with Crippen molar-refractivity contribution in [3.8, 4) is 0 Å². The third-order valence-electron chi connectivity index (χ3n) is 7.52. The lowest BCUT2D eigenvalue weighted by Crippen LogP contribution is -2.62. The first-order valence-electron chi connectivity index (χ1n) is 14.3. The Balaban J connectivity index is 1.77. The molecule has 3 heterocycles. The summed E-state index contributed by atoms with van der Waals surface area (Å²) in [5.41, 5.74) is 4.47. The summed E-state index contributed by atoms with van der Waals surface area (Å²) in [4.78, 5) is 62.8. The molecule has 0 aromatic carbocycles. The molecule has 1 aromatic rings. The number of nitrogens with zero attached hydrogens (tertiary/aromatic N) is 2. The molecule has 3 unspecified atom stereocenters. The van der Waals surface area contributed by atoms with Crippen LogP contribution in [0.15, 0.2) is 17.1 Å². The van der Waals surface area contributed by atoms with Crippen molar-refractivity contribution in [2.45, 2.75) is 87.3 Å². The number of Topliss-reactive ketones (excluding diaryl/α,β-unsaturated/α-hetero) is 1. The lowest BCUT2D eigenvalue weighted by atomic mass is 9.80.